The minimum absolute atomic E-state index is 0.811. The van der Waals surface area contributed by atoms with Crippen molar-refractivity contribution >= 4 is 12.2 Å². The fourth-order valence-corrected chi connectivity index (χ4v) is 3.02. The van der Waals surface area contributed by atoms with Gasteiger partial charge >= 0.3 is 0 Å². The minimum Gasteiger partial charge on any atom is -0.379 e. The Kier molecular flexibility index (Phi) is 4.24. The maximum Gasteiger partial charge on any atom is 0.185 e. The Bertz CT molecular complexity index is 683. The molecule has 0 amide bonds. The summed E-state index contributed by atoms with van der Waals surface area (Å²) in [6, 6.07) is 6.46. The van der Waals surface area contributed by atoms with E-state index in [-0.39, 0.29) is 0 Å². The molecule has 1 saturated heterocycles. The van der Waals surface area contributed by atoms with Crippen LogP contribution in [0.15, 0.2) is 30.6 Å². The van der Waals surface area contributed by atoms with Crippen LogP contribution in [0.25, 0.3) is 5.69 Å². The van der Waals surface area contributed by atoms with Gasteiger partial charge in [-0.2, -0.15) is 0 Å². The molecule has 21 heavy (non-hydrogen) atoms. The highest BCUT2D eigenvalue weighted by molar-refractivity contribution is 7.71. The van der Waals surface area contributed by atoms with E-state index in [9.17, 15) is 0 Å². The number of aryl methyl sites for hydroxylation is 2. The highest BCUT2D eigenvalue weighted by Crippen LogP contribution is 2.17. The first-order chi connectivity index (χ1) is 10.1. The molecule has 0 N–H and O–H groups in total. The summed E-state index contributed by atoms with van der Waals surface area (Å²) >= 11 is 5.64. The summed E-state index contributed by atoms with van der Waals surface area (Å²) in [6.45, 7) is 8.63. The molecule has 1 aromatic heterocycles. The van der Waals surface area contributed by atoms with Gasteiger partial charge in [0, 0.05) is 25.5 Å². The van der Waals surface area contributed by atoms with Crippen LogP contribution in [0.3, 0.4) is 0 Å². The van der Waals surface area contributed by atoms with E-state index in [1.54, 1.807) is 0 Å². The largest absolute Gasteiger partial charge is 0.379 e. The molecule has 4 nitrogen and oxygen atoms in total. The van der Waals surface area contributed by atoms with Gasteiger partial charge in [-0.3, -0.25) is 9.47 Å². The van der Waals surface area contributed by atoms with E-state index < -0.39 is 0 Å². The molecule has 0 saturated carbocycles. The number of hydrogen-bond acceptors (Lipinski definition) is 3. The quantitative estimate of drug-likeness (QED) is 0.814. The lowest BCUT2D eigenvalue weighted by Crippen LogP contribution is -2.37. The van der Waals surface area contributed by atoms with Gasteiger partial charge in [-0.05, 0) is 37.7 Å². The van der Waals surface area contributed by atoms with Crippen molar-refractivity contribution in [2.24, 2.45) is 0 Å². The van der Waals surface area contributed by atoms with Crippen molar-refractivity contribution in [3.8, 4) is 5.69 Å². The molecule has 2 aromatic rings. The standard InChI is InChI=1S/C16H21N3OS/c1-13-3-4-15(14(2)11-13)19-6-5-18(16(19)21)12-17-7-9-20-10-8-17/h3-6,11H,7-10,12H2,1-2H3. The van der Waals surface area contributed by atoms with Gasteiger partial charge in [0.1, 0.15) is 0 Å². The van der Waals surface area contributed by atoms with Gasteiger partial charge in [-0.15, -0.1) is 0 Å². The molecule has 112 valence electrons. The molecule has 5 heteroatoms. The van der Waals surface area contributed by atoms with Crippen molar-refractivity contribution in [1.29, 1.82) is 0 Å². The van der Waals surface area contributed by atoms with Crippen molar-refractivity contribution in [3.05, 3.63) is 46.5 Å². The number of ether oxygens (including phenoxy) is 1. The normalized spacial score (nSPS) is 16.3. The third-order valence-corrected chi connectivity index (χ3v) is 4.35. The van der Waals surface area contributed by atoms with Gasteiger partial charge in [0.15, 0.2) is 4.77 Å². The summed E-state index contributed by atoms with van der Waals surface area (Å²) in [5.74, 6) is 0. The molecule has 2 heterocycles. The Morgan fingerprint density at radius 3 is 2.62 bits per heavy atom. The van der Waals surface area contributed by atoms with E-state index in [1.165, 1.54) is 11.1 Å². The van der Waals surface area contributed by atoms with Crippen molar-refractivity contribution in [2.75, 3.05) is 26.3 Å². The second-order valence-corrected chi connectivity index (χ2v) is 5.95. The molecule has 0 atom stereocenters. The van der Waals surface area contributed by atoms with Crippen molar-refractivity contribution < 1.29 is 4.74 Å². The molecule has 0 aliphatic carbocycles. The zero-order chi connectivity index (χ0) is 14.8. The van der Waals surface area contributed by atoms with Gasteiger partial charge in [0.25, 0.3) is 0 Å². The van der Waals surface area contributed by atoms with E-state index in [4.69, 9.17) is 17.0 Å². The Morgan fingerprint density at radius 2 is 1.90 bits per heavy atom. The number of morpholine rings is 1. The molecule has 0 spiro atoms. The number of hydrogen-bond donors (Lipinski definition) is 0. The summed E-state index contributed by atoms with van der Waals surface area (Å²) in [5, 5.41) is 0. The fraction of sp³-hybridized carbons (Fsp3) is 0.438. The lowest BCUT2D eigenvalue weighted by molar-refractivity contribution is 0.0232. The lowest BCUT2D eigenvalue weighted by atomic mass is 10.1. The predicted octanol–water partition coefficient (Wildman–Crippen LogP) is 2.91. The summed E-state index contributed by atoms with van der Waals surface area (Å²) < 4.78 is 10.4. The zero-order valence-corrected chi connectivity index (χ0v) is 13.4. The first-order valence-corrected chi connectivity index (χ1v) is 7.71. The van der Waals surface area contributed by atoms with Crippen LogP contribution in [0.1, 0.15) is 11.1 Å². The first kappa shape index (κ1) is 14.5. The molecular formula is C16H21N3OS. The smallest absolute Gasteiger partial charge is 0.185 e. The minimum atomic E-state index is 0.811. The van der Waals surface area contributed by atoms with Gasteiger partial charge < -0.3 is 9.30 Å². The number of aromatic nitrogens is 2. The zero-order valence-electron chi connectivity index (χ0n) is 12.6. The molecule has 1 aliphatic rings. The van der Waals surface area contributed by atoms with Crippen LogP contribution in [-0.4, -0.2) is 40.3 Å². The second-order valence-electron chi connectivity index (χ2n) is 5.58. The lowest BCUT2D eigenvalue weighted by Gasteiger charge is -2.26. The molecular weight excluding hydrogens is 282 g/mol. The summed E-state index contributed by atoms with van der Waals surface area (Å²) in [5.41, 5.74) is 3.68. The van der Waals surface area contributed by atoms with E-state index in [0.717, 1.165) is 43.4 Å². The van der Waals surface area contributed by atoms with E-state index in [0.29, 0.717) is 0 Å². The van der Waals surface area contributed by atoms with Crippen LogP contribution in [0.2, 0.25) is 0 Å². The average Bonchev–Trinajstić information content (AvgIpc) is 2.82. The fourth-order valence-electron chi connectivity index (χ4n) is 2.74. The van der Waals surface area contributed by atoms with E-state index in [2.05, 4.69) is 58.5 Å². The molecule has 0 radical (unpaired) electrons. The summed E-state index contributed by atoms with van der Waals surface area (Å²) in [7, 11) is 0. The van der Waals surface area contributed by atoms with Crippen LogP contribution in [-0.2, 0) is 11.4 Å². The maximum atomic E-state index is 5.64. The van der Waals surface area contributed by atoms with Crippen LogP contribution in [0.4, 0.5) is 0 Å². The topological polar surface area (TPSA) is 22.3 Å². The van der Waals surface area contributed by atoms with Gasteiger partial charge in [-0.1, -0.05) is 17.7 Å². The highest BCUT2D eigenvalue weighted by atomic mass is 32.1. The summed E-state index contributed by atoms with van der Waals surface area (Å²) in [4.78, 5) is 2.37. The van der Waals surface area contributed by atoms with E-state index >= 15 is 0 Å². The Balaban J connectivity index is 1.86. The third kappa shape index (κ3) is 3.10. The second kappa shape index (κ2) is 6.13. The predicted molar refractivity (Wildman–Crippen MR) is 86.5 cm³/mol. The number of nitrogens with zero attached hydrogens (tertiary/aromatic N) is 3. The van der Waals surface area contributed by atoms with Gasteiger partial charge in [0.2, 0.25) is 0 Å². The molecule has 1 aromatic carbocycles. The van der Waals surface area contributed by atoms with Crippen molar-refractivity contribution in [1.82, 2.24) is 14.0 Å². The Hall–Kier alpha value is -1.43. The summed E-state index contributed by atoms with van der Waals surface area (Å²) in [6.07, 6.45) is 4.12. The first-order valence-electron chi connectivity index (χ1n) is 7.30. The SMILES string of the molecule is Cc1ccc(-n2ccn(CN3CCOCC3)c2=S)c(C)c1. The van der Waals surface area contributed by atoms with Crippen LogP contribution in [0.5, 0.6) is 0 Å². The Labute approximate surface area is 130 Å². The maximum absolute atomic E-state index is 5.64. The van der Waals surface area contributed by atoms with Crippen LogP contribution in [0, 0.1) is 18.6 Å². The Morgan fingerprint density at radius 1 is 1.14 bits per heavy atom. The molecule has 3 rings (SSSR count). The number of benzene rings is 1. The highest BCUT2D eigenvalue weighted by Gasteiger charge is 2.12. The molecule has 1 fully saturated rings. The molecule has 0 bridgehead atoms. The van der Waals surface area contributed by atoms with E-state index in [1.807, 2.05) is 0 Å². The van der Waals surface area contributed by atoms with Gasteiger partial charge in [0.05, 0.1) is 25.6 Å². The molecule has 0 unspecified atom stereocenters. The van der Waals surface area contributed by atoms with Crippen molar-refractivity contribution in [2.45, 2.75) is 20.5 Å². The van der Waals surface area contributed by atoms with Crippen LogP contribution < -0.4 is 0 Å². The van der Waals surface area contributed by atoms with Crippen LogP contribution >= 0.6 is 12.2 Å². The monoisotopic (exact) mass is 303 g/mol. The third-order valence-electron chi connectivity index (χ3n) is 3.92. The van der Waals surface area contributed by atoms with Crippen molar-refractivity contribution in [3.63, 3.8) is 0 Å². The van der Waals surface area contributed by atoms with Gasteiger partial charge in [-0.25, -0.2) is 0 Å². The average molecular weight is 303 g/mol. The number of rotatable bonds is 3. The molecule has 1 aliphatic heterocycles. The number of imidazole rings is 1.